The van der Waals surface area contributed by atoms with E-state index < -0.39 is 0 Å². The van der Waals surface area contributed by atoms with Crippen LogP contribution in [0, 0.1) is 45.8 Å². The van der Waals surface area contributed by atoms with Crippen LogP contribution in [0.15, 0.2) is 18.2 Å². The molecule has 4 nitrogen and oxygen atoms in total. The maximum Gasteiger partial charge on any atom is 0.166 e. The first-order valence-corrected chi connectivity index (χ1v) is 12.9. The summed E-state index contributed by atoms with van der Waals surface area (Å²) in [6.45, 7) is 12.7. The first-order chi connectivity index (χ1) is 15.7. The summed E-state index contributed by atoms with van der Waals surface area (Å²) in [6.07, 6.45) is 7.23. The zero-order chi connectivity index (χ0) is 24.2. The van der Waals surface area contributed by atoms with Gasteiger partial charge in [0.2, 0.25) is 0 Å². The number of benzene rings is 1. The average Bonchev–Trinajstić information content (AvgIpc) is 2.77. The van der Waals surface area contributed by atoms with E-state index in [0.29, 0.717) is 12.5 Å². The number of hydrogen-bond donors (Lipinski definition) is 0. The zero-order valence-corrected chi connectivity index (χ0v) is 21.6. The summed E-state index contributed by atoms with van der Waals surface area (Å²) in [5.41, 5.74) is 1.85. The topological polar surface area (TPSA) is 59.3 Å². The second-order valence-corrected chi connectivity index (χ2v) is 11.4. The van der Waals surface area contributed by atoms with Crippen molar-refractivity contribution < 1.29 is 14.3 Å². The molecular weight excluding hydrogens is 410 g/mol. The van der Waals surface area contributed by atoms with E-state index in [4.69, 9.17) is 9.47 Å². The van der Waals surface area contributed by atoms with Gasteiger partial charge >= 0.3 is 0 Å². The summed E-state index contributed by atoms with van der Waals surface area (Å²) in [6, 6.07) is 8.49. The van der Waals surface area contributed by atoms with Gasteiger partial charge < -0.3 is 9.47 Å². The van der Waals surface area contributed by atoms with Crippen LogP contribution in [0.25, 0.3) is 0 Å². The monoisotopic (exact) mass is 453 g/mol. The Morgan fingerprint density at radius 1 is 1.18 bits per heavy atom. The number of carbonyl (C=O) groups is 1. The van der Waals surface area contributed by atoms with Gasteiger partial charge in [-0.15, -0.1) is 0 Å². The molecule has 3 rings (SSSR count). The van der Waals surface area contributed by atoms with Crippen LogP contribution < -0.4 is 4.74 Å². The molecule has 0 heterocycles. The van der Waals surface area contributed by atoms with Crippen molar-refractivity contribution in [3.05, 3.63) is 29.3 Å². The van der Waals surface area contributed by atoms with Crippen LogP contribution in [0.3, 0.4) is 0 Å². The van der Waals surface area contributed by atoms with Gasteiger partial charge in [-0.3, -0.25) is 4.79 Å². The van der Waals surface area contributed by atoms with Crippen molar-refractivity contribution in [3.63, 3.8) is 0 Å². The van der Waals surface area contributed by atoms with Crippen molar-refractivity contribution in [2.24, 2.45) is 34.5 Å². The van der Waals surface area contributed by atoms with E-state index in [0.717, 1.165) is 62.0 Å². The number of ether oxygens (including phenoxy) is 2. The molecule has 0 bridgehead atoms. The van der Waals surface area contributed by atoms with Gasteiger partial charge in [0, 0.05) is 24.0 Å². The van der Waals surface area contributed by atoms with Gasteiger partial charge in [0.15, 0.2) is 5.78 Å². The molecule has 0 amide bonds. The maximum absolute atomic E-state index is 14.2. The van der Waals surface area contributed by atoms with Gasteiger partial charge in [-0.25, -0.2) is 0 Å². The minimum Gasteiger partial charge on any atom is -0.497 e. The molecule has 0 aromatic heterocycles. The minimum atomic E-state index is -0.152. The highest BCUT2D eigenvalue weighted by molar-refractivity contribution is 5.99. The van der Waals surface area contributed by atoms with E-state index in [9.17, 15) is 10.1 Å². The number of carbonyl (C=O) groups excluding carboxylic acids is 1. The van der Waals surface area contributed by atoms with Gasteiger partial charge in [0.05, 0.1) is 19.8 Å². The lowest BCUT2D eigenvalue weighted by molar-refractivity contribution is -0.0922. The van der Waals surface area contributed by atoms with E-state index in [-0.39, 0.29) is 34.4 Å². The number of ketones is 1. The maximum atomic E-state index is 14.2. The highest BCUT2D eigenvalue weighted by atomic mass is 16.5. The summed E-state index contributed by atoms with van der Waals surface area (Å²) >= 11 is 0. The fourth-order valence-electron chi connectivity index (χ4n) is 6.92. The quantitative estimate of drug-likeness (QED) is 0.302. The second-order valence-electron chi connectivity index (χ2n) is 11.4. The lowest BCUT2D eigenvalue weighted by Gasteiger charge is -2.59. The van der Waals surface area contributed by atoms with Crippen molar-refractivity contribution >= 4 is 5.78 Å². The molecule has 0 aliphatic heterocycles. The van der Waals surface area contributed by atoms with E-state index in [1.165, 1.54) is 6.42 Å². The molecule has 4 heteroatoms. The van der Waals surface area contributed by atoms with E-state index >= 15 is 0 Å². The molecule has 2 aliphatic carbocycles. The molecule has 0 spiro atoms. The molecule has 2 unspecified atom stereocenters. The van der Waals surface area contributed by atoms with E-state index in [1.807, 2.05) is 18.2 Å². The zero-order valence-electron chi connectivity index (χ0n) is 21.6. The van der Waals surface area contributed by atoms with Gasteiger partial charge in [-0.1, -0.05) is 47.5 Å². The molecule has 2 saturated carbocycles. The SMILES string of the molecule is CCCCOCCc1cc(OC)cc(C(=O)[C@H]2C(C)C(C#N)C[C@H]3C(C)(C)CCC[C@]23C)c1. The van der Waals surface area contributed by atoms with Crippen LogP contribution in [0.1, 0.15) is 89.1 Å². The Hall–Kier alpha value is -1.86. The molecule has 0 saturated heterocycles. The van der Waals surface area contributed by atoms with Crippen LogP contribution in [-0.4, -0.2) is 26.1 Å². The number of rotatable bonds is 9. The summed E-state index contributed by atoms with van der Waals surface area (Å²) in [7, 11) is 1.65. The molecule has 1 aromatic carbocycles. The minimum absolute atomic E-state index is 0.0460. The highest BCUT2D eigenvalue weighted by Gasteiger charge is 2.58. The van der Waals surface area contributed by atoms with E-state index in [1.54, 1.807) is 7.11 Å². The second kappa shape index (κ2) is 10.6. The number of fused-ring (bicyclic) bond motifs is 1. The molecule has 182 valence electrons. The molecule has 2 fully saturated rings. The van der Waals surface area contributed by atoms with Crippen molar-refractivity contribution in [1.29, 1.82) is 5.26 Å². The number of methoxy groups -OCH3 is 1. The van der Waals surface area contributed by atoms with E-state index in [2.05, 4.69) is 40.7 Å². The number of nitrogens with zero attached hydrogens (tertiary/aromatic N) is 1. The van der Waals surface area contributed by atoms with Crippen LogP contribution in [-0.2, 0) is 11.2 Å². The van der Waals surface area contributed by atoms with Crippen LogP contribution >= 0.6 is 0 Å². The molecule has 5 atom stereocenters. The van der Waals surface area contributed by atoms with Crippen molar-refractivity contribution in [2.45, 2.75) is 79.6 Å². The largest absolute Gasteiger partial charge is 0.497 e. The number of unbranched alkanes of at least 4 members (excludes halogenated alkanes) is 1. The summed E-state index contributed by atoms with van der Waals surface area (Å²) in [5.74, 6) is 1.10. The molecule has 1 aromatic rings. The predicted octanol–water partition coefficient (Wildman–Crippen LogP) is 6.87. The van der Waals surface area contributed by atoms with Crippen molar-refractivity contribution in [1.82, 2.24) is 0 Å². The van der Waals surface area contributed by atoms with Crippen LogP contribution in [0.4, 0.5) is 0 Å². The Labute approximate surface area is 201 Å². The Kier molecular flexibility index (Phi) is 8.27. The standard InChI is InChI=1S/C29H43NO3/c1-7-8-13-33-14-10-21-15-22(17-24(16-21)32-6)27(31)26-20(2)23(19-30)18-25-28(3,4)11-9-12-29(25,26)5/h15-17,20,23,25-26H,7-14,18H2,1-6H3/t20?,23?,25-,26+,29-/m0/s1. The van der Waals surface area contributed by atoms with Crippen LogP contribution in [0.5, 0.6) is 5.75 Å². The molecule has 0 radical (unpaired) electrons. The lowest BCUT2D eigenvalue weighted by atomic mass is 9.44. The average molecular weight is 454 g/mol. The molecule has 0 N–H and O–H groups in total. The third-order valence-electron chi connectivity index (χ3n) is 8.75. The fourth-order valence-corrected chi connectivity index (χ4v) is 6.92. The highest BCUT2D eigenvalue weighted by Crippen LogP contribution is 2.62. The number of nitriles is 1. The van der Waals surface area contributed by atoms with Gasteiger partial charge in [-0.05, 0) is 78.5 Å². The molecule has 2 aliphatic rings. The molecule has 33 heavy (non-hydrogen) atoms. The summed E-state index contributed by atoms with van der Waals surface area (Å²) in [4.78, 5) is 14.2. The van der Waals surface area contributed by atoms with Crippen molar-refractivity contribution in [2.75, 3.05) is 20.3 Å². The Balaban J connectivity index is 1.93. The summed E-state index contributed by atoms with van der Waals surface area (Å²) in [5, 5.41) is 9.97. The summed E-state index contributed by atoms with van der Waals surface area (Å²) < 4.78 is 11.3. The van der Waals surface area contributed by atoms with Gasteiger partial charge in [0.25, 0.3) is 0 Å². The predicted molar refractivity (Wildman–Crippen MR) is 132 cm³/mol. The van der Waals surface area contributed by atoms with Crippen molar-refractivity contribution in [3.8, 4) is 11.8 Å². The lowest BCUT2D eigenvalue weighted by Crippen LogP contribution is -2.55. The number of Topliss-reactive ketones (excluding diaryl/α,β-unsaturated/α-hetero) is 1. The first-order valence-electron chi connectivity index (χ1n) is 12.9. The third-order valence-corrected chi connectivity index (χ3v) is 8.75. The Morgan fingerprint density at radius 3 is 2.61 bits per heavy atom. The van der Waals surface area contributed by atoms with Crippen LogP contribution in [0.2, 0.25) is 0 Å². The number of hydrogen-bond acceptors (Lipinski definition) is 4. The fraction of sp³-hybridized carbons (Fsp3) is 0.724. The smallest absolute Gasteiger partial charge is 0.166 e. The normalized spacial score (nSPS) is 30.8. The first kappa shape index (κ1) is 25.8. The third kappa shape index (κ3) is 5.29. The van der Waals surface area contributed by atoms with Gasteiger partial charge in [-0.2, -0.15) is 5.26 Å². The Bertz CT molecular complexity index is 870. The molecular formula is C29H43NO3. The Morgan fingerprint density at radius 2 is 1.94 bits per heavy atom. The van der Waals surface area contributed by atoms with Gasteiger partial charge in [0.1, 0.15) is 5.75 Å².